The molecule has 0 saturated carbocycles. The number of methoxy groups -OCH3 is 1. The van der Waals surface area contributed by atoms with Gasteiger partial charge >= 0.3 is 0 Å². The summed E-state index contributed by atoms with van der Waals surface area (Å²) < 4.78 is 10.8. The second kappa shape index (κ2) is 6.85. The van der Waals surface area contributed by atoms with Crippen molar-refractivity contribution in [3.63, 3.8) is 0 Å². The predicted molar refractivity (Wildman–Crippen MR) is 87.3 cm³/mol. The minimum Gasteiger partial charge on any atom is -0.497 e. The molecule has 1 amide bonds. The molecular weight excluding hydrogens is 280 g/mol. The Hall–Kier alpha value is -2.69. The Morgan fingerprint density at radius 1 is 1.18 bits per heavy atom. The zero-order valence-electron chi connectivity index (χ0n) is 12.9. The van der Waals surface area contributed by atoms with Crippen molar-refractivity contribution in [2.45, 2.75) is 20.0 Å². The molecule has 116 valence electrons. The smallest absolute Gasteiger partial charge is 0.265 e. The molecule has 2 aromatic carbocycles. The first-order valence-corrected chi connectivity index (χ1v) is 6.97. The molecule has 22 heavy (non-hydrogen) atoms. The molecule has 0 saturated heterocycles. The molecule has 0 aliphatic carbocycles. The molecular formula is C17H20N2O3. The molecule has 3 N–H and O–H groups in total. The van der Waals surface area contributed by atoms with Crippen LogP contribution in [0, 0.1) is 6.92 Å². The monoisotopic (exact) mass is 300 g/mol. The predicted octanol–water partition coefficient (Wildman–Crippen LogP) is 2.99. The molecule has 1 atom stereocenters. The molecule has 0 bridgehead atoms. The Bertz CT molecular complexity index is 671. The van der Waals surface area contributed by atoms with Crippen LogP contribution in [0.1, 0.15) is 12.5 Å². The van der Waals surface area contributed by atoms with Gasteiger partial charge in [0.05, 0.1) is 7.11 Å². The van der Waals surface area contributed by atoms with E-state index in [4.69, 9.17) is 15.2 Å². The lowest BCUT2D eigenvalue weighted by molar-refractivity contribution is -0.122. The van der Waals surface area contributed by atoms with E-state index in [1.807, 2.05) is 19.1 Å². The molecule has 0 radical (unpaired) electrons. The van der Waals surface area contributed by atoms with Gasteiger partial charge in [-0.1, -0.05) is 12.1 Å². The van der Waals surface area contributed by atoms with Crippen molar-refractivity contribution in [2.24, 2.45) is 0 Å². The summed E-state index contributed by atoms with van der Waals surface area (Å²) in [7, 11) is 1.58. The maximum atomic E-state index is 12.2. The summed E-state index contributed by atoms with van der Waals surface area (Å²) >= 11 is 0. The summed E-state index contributed by atoms with van der Waals surface area (Å²) in [5, 5.41) is 2.82. The molecule has 5 nitrogen and oxygen atoms in total. The number of nitrogens with one attached hydrogen (secondary N) is 1. The molecule has 0 aromatic heterocycles. The van der Waals surface area contributed by atoms with Crippen molar-refractivity contribution in [1.82, 2.24) is 0 Å². The standard InChI is InChI=1S/C17H20N2O3/c1-11-7-8-13(18)9-16(11)19-17(20)12(2)22-15-6-4-5-14(10-15)21-3/h4-10,12H,18H2,1-3H3,(H,19,20). The SMILES string of the molecule is COc1cccc(OC(C)C(=O)Nc2cc(N)ccc2C)c1. The number of carbonyl (C=O) groups is 1. The molecule has 2 aromatic rings. The number of anilines is 2. The summed E-state index contributed by atoms with van der Waals surface area (Å²) in [6, 6.07) is 12.5. The van der Waals surface area contributed by atoms with E-state index in [0.717, 1.165) is 5.56 Å². The van der Waals surface area contributed by atoms with E-state index in [0.29, 0.717) is 22.9 Å². The normalized spacial score (nSPS) is 11.6. The van der Waals surface area contributed by atoms with Gasteiger partial charge in [0.1, 0.15) is 11.5 Å². The fourth-order valence-corrected chi connectivity index (χ4v) is 1.94. The summed E-state index contributed by atoms with van der Waals surface area (Å²) in [4.78, 5) is 12.2. The van der Waals surface area contributed by atoms with Crippen LogP contribution in [0.4, 0.5) is 11.4 Å². The topological polar surface area (TPSA) is 73.6 Å². The van der Waals surface area contributed by atoms with E-state index in [1.165, 1.54) is 0 Å². The largest absolute Gasteiger partial charge is 0.497 e. The van der Waals surface area contributed by atoms with Gasteiger partial charge in [-0.15, -0.1) is 0 Å². The molecule has 0 aliphatic heterocycles. The Labute approximate surface area is 130 Å². The Balaban J connectivity index is 2.04. The van der Waals surface area contributed by atoms with Gasteiger partial charge in [0.25, 0.3) is 5.91 Å². The van der Waals surface area contributed by atoms with Crippen LogP contribution in [0.5, 0.6) is 11.5 Å². The van der Waals surface area contributed by atoms with Gasteiger partial charge in [0.15, 0.2) is 6.10 Å². The molecule has 0 fully saturated rings. The van der Waals surface area contributed by atoms with E-state index in [2.05, 4.69) is 5.32 Å². The van der Waals surface area contributed by atoms with E-state index < -0.39 is 6.10 Å². The van der Waals surface area contributed by atoms with E-state index in [1.54, 1.807) is 44.4 Å². The zero-order chi connectivity index (χ0) is 16.1. The quantitative estimate of drug-likeness (QED) is 0.833. The third-order valence-electron chi connectivity index (χ3n) is 3.24. The highest BCUT2D eigenvalue weighted by atomic mass is 16.5. The summed E-state index contributed by atoms with van der Waals surface area (Å²) in [5.74, 6) is 1.01. The Kier molecular flexibility index (Phi) is 4.88. The minimum atomic E-state index is -0.645. The molecule has 1 unspecified atom stereocenters. The first-order valence-electron chi connectivity index (χ1n) is 6.97. The van der Waals surface area contributed by atoms with Crippen molar-refractivity contribution in [1.29, 1.82) is 0 Å². The lowest BCUT2D eigenvalue weighted by Gasteiger charge is -2.16. The lowest BCUT2D eigenvalue weighted by Crippen LogP contribution is -2.30. The number of hydrogen-bond acceptors (Lipinski definition) is 4. The van der Waals surface area contributed by atoms with Crippen LogP contribution in [-0.2, 0) is 4.79 Å². The number of ether oxygens (including phenoxy) is 2. The second-order valence-corrected chi connectivity index (χ2v) is 5.00. The molecule has 2 rings (SSSR count). The number of benzene rings is 2. The number of hydrogen-bond donors (Lipinski definition) is 2. The first-order chi connectivity index (χ1) is 10.5. The van der Waals surface area contributed by atoms with Gasteiger partial charge < -0.3 is 20.5 Å². The van der Waals surface area contributed by atoms with Gasteiger partial charge in [-0.3, -0.25) is 4.79 Å². The highest BCUT2D eigenvalue weighted by Gasteiger charge is 2.16. The van der Waals surface area contributed by atoms with Crippen LogP contribution in [0.25, 0.3) is 0 Å². The van der Waals surface area contributed by atoms with Crippen LogP contribution < -0.4 is 20.5 Å². The fourth-order valence-electron chi connectivity index (χ4n) is 1.94. The van der Waals surface area contributed by atoms with Crippen molar-refractivity contribution in [2.75, 3.05) is 18.2 Å². The molecule has 0 spiro atoms. The fraction of sp³-hybridized carbons (Fsp3) is 0.235. The van der Waals surface area contributed by atoms with Crippen LogP contribution in [0.2, 0.25) is 0 Å². The summed E-state index contributed by atoms with van der Waals surface area (Å²) in [5.41, 5.74) is 7.96. The third-order valence-corrected chi connectivity index (χ3v) is 3.24. The number of nitrogen functional groups attached to an aromatic ring is 1. The van der Waals surface area contributed by atoms with Crippen molar-refractivity contribution in [3.8, 4) is 11.5 Å². The highest BCUT2D eigenvalue weighted by molar-refractivity contribution is 5.95. The molecule has 0 aliphatic rings. The average Bonchev–Trinajstić information content (AvgIpc) is 2.51. The van der Waals surface area contributed by atoms with E-state index in [9.17, 15) is 4.79 Å². The Morgan fingerprint density at radius 3 is 2.64 bits per heavy atom. The first kappa shape index (κ1) is 15.7. The number of aryl methyl sites for hydroxylation is 1. The van der Waals surface area contributed by atoms with E-state index >= 15 is 0 Å². The maximum Gasteiger partial charge on any atom is 0.265 e. The highest BCUT2D eigenvalue weighted by Crippen LogP contribution is 2.21. The minimum absolute atomic E-state index is 0.239. The molecule has 0 heterocycles. The van der Waals surface area contributed by atoms with Crippen molar-refractivity contribution < 1.29 is 14.3 Å². The van der Waals surface area contributed by atoms with Crippen LogP contribution in [-0.4, -0.2) is 19.1 Å². The van der Waals surface area contributed by atoms with Crippen LogP contribution >= 0.6 is 0 Å². The third kappa shape index (κ3) is 3.91. The number of rotatable bonds is 5. The van der Waals surface area contributed by atoms with Gasteiger partial charge in [0, 0.05) is 17.4 Å². The van der Waals surface area contributed by atoms with Gasteiger partial charge in [-0.25, -0.2) is 0 Å². The van der Waals surface area contributed by atoms with Crippen LogP contribution in [0.15, 0.2) is 42.5 Å². The Morgan fingerprint density at radius 2 is 1.91 bits per heavy atom. The summed E-state index contributed by atoms with van der Waals surface area (Å²) in [6.45, 7) is 3.60. The van der Waals surface area contributed by atoms with Gasteiger partial charge in [-0.2, -0.15) is 0 Å². The average molecular weight is 300 g/mol. The van der Waals surface area contributed by atoms with Crippen molar-refractivity contribution >= 4 is 17.3 Å². The van der Waals surface area contributed by atoms with Crippen LogP contribution in [0.3, 0.4) is 0 Å². The zero-order valence-corrected chi connectivity index (χ0v) is 12.9. The number of carbonyl (C=O) groups excluding carboxylic acids is 1. The molecule has 5 heteroatoms. The second-order valence-electron chi connectivity index (χ2n) is 5.00. The lowest BCUT2D eigenvalue weighted by atomic mass is 10.1. The maximum absolute atomic E-state index is 12.2. The number of nitrogens with two attached hydrogens (primary N) is 1. The van der Waals surface area contributed by atoms with Gasteiger partial charge in [-0.05, 0) is 43.7 Å². The van der Waals surface area contributed by atoms with E-state index in [-0.39, 0.29) is 5.91 Å². The summed E-state index contributed by atoms with van der Waals surface area (Å²) in [6.07, 6.45) is -0.645. The van der Waals surface area contributed by atoms with Gasteiger partial charge in [0.2, 0.25) is 0 Å². The van der Waals surface area contributed by atoms with Crippen molar-refractivity contribution in [3.05, 3.63) is 48.0 Å². The number of amides is 1.